The Hall–Kier alpha value is -1.85. The first-order valence-electron chi connectivity index (χ1n) is 7.22. The standard InChI is InChI=1S/C15H23N3O3/c1-9(2)17-8-10(7-16-17)13-11(14(20)21)6-12(19)18(13)15(3,4)5/h7-9,11,13H,6H2,1-5H3,(H,20,21). The predicted molar refractivity (Wildman–Crippen MR) is 77.7 cm³/mol. The molecule has 0 spiro atoms. The molecule has 21 heavy (non-hydrogen) atoms. The molecule has 0 aliphatic carbocycles. The van der Waals surface area contributed by atoms with E-state index in [1.807, 2.05) is 40.8 Å². The van der Waals surface area contributed by atoms with Crippen molar-refractivity contribution in [2.75, 3.05) is 0 Å². The average Bonchev–Trinajstić information content (AvgIpc) is 2.90. The van der Waals surface area contributed by atoms with Crippen LogP contribution in [0, 0.1) is 5.92 Å². The molecule has 116 valence electrons. The van der Waals surface area contributed by atoms with Gasteiger partial charge in [0.15, 0.2) is 0 Å². The summed E-state index contributed by atoms with van der Waals surface area (Å²) in [4.78, 5) is 25.5. The van der Waals surface area contributed by atoms with Crippen molar-refractivity contribution in [3.8, 4) is 0 Å². The summed E-state index contributed by atoms with van der Waals surface area (Å²) >= 11 is 0. The number of carboxylic acid groups (broad SMARTS) is 1. The third-order valence-corrected chi connectivity index (χ3v) is 3.85. The molecule has 2 heterocycles. The highest BCUT2D eigenvalue weighted by molar-refractivity contribution is 5.87. The number of likely N-dealkylation sites (tertiary alicyclic amines) is 1. The van der Waals surface area contributed by atoms with Crippen LogP contribution in [0.15, 0.2) is 12.4 Å². The van der Waals surface area contributed by atoms with Crippen LogP contribution in [0.25, 0.3) is 0 Å². The minimum absolute atomic E-state index is 0.0458. The van der Waals surface area contributed by atoms with Gasteiger partial charge in [-0.25, -0.2) is 0 Å². The molecular weight excluding hydrogens is 270 g/mol. The molecule has 0 aromatic carbocycles. The Morgan fingerprint density at radius 3 is 2.48 bits per heavy atom. The Morgan fingerprint density at radius 2 is 2.05 bits per heavy atom. The summed E-state index contributed by atoms with van der Waals surface area (Å²) in [5.41, 5.74) is 0.364. The van der Waals surface area contributed by atoms with Gasteiger partial charge < -0.3 is 10.0 Å². The molecule has 6 heteroatoms. The Kier molecular flexibility index (Phi) is 3.82. The molecule has 0 radical (unpaired) electrons. The highest BCUT2D eigenvalue weighted by Crippen LogP contribution is 2.42. The van der Waals surface area contributed by atoms with Gasteiger partial charge in [0.1, 0.15) is 0 Å². The van der Waals surface area contributed by atoms with Crippen LogP contribution in [-0.2, 0) is 9.59 Å². The van der Waals surface area contributed by atoms with Crippen LogP contribution in [0.1, 0.15) is 58.7 Å². The number of aliphatic carboxylic acids is 1. The molecule has 1 aliphatic heterocycles. The molecule has 2 rings (SSSR count). The van der Waals surface area contributed by atoms with Crippen molar-refractivity contribution < 1.29 is 14.7 Å². The number of carbonyl (C=O) groups is 2. The van der Waals surface area contributed by atoms with Crippen LogP contribution in [0.2, 0.25) is 0 Å². The molecule has 0 saturated carbocycles. The summed E-state index contributed by atoms with van der Waals surface area (Å²) in [6.45, 7) is 9.79. The lowest BCUT2D eigenvalue weighted by atomic mass is 9.93. The van der Waals surface area contributed by atoms with E-state index in [9.17, 15) is 14.7 Å². The fourth-order valence-corrected chi connectivity index (χ4v) is 2.92. The van der Waals surface area contributed by atoms with Gasteiger partial charge in [-0.15, -0.1) is 0 Å². The Morgan fingerprint density at radius 1 is 1.43 bits per heavy atom. The lowest BCUT2D eigenvalue weighted by molar-refractivity contribution is -0.142. The minimum Gasteiger partial charge on any atom is -0.481 e. The Bertz CT molecular complexity index is 557. The Balaban J connectivity index is 2.46. The normalized spacial score (nSPS) is 23.1. The zero-order chi connectivity index (χ0) is 15.9. The van der Waals surface area contributed by atoms with Crippen molar-refractivity contribution in [2.45, 2.75) is 58.7 Å². The van der Waals surface area contributed by atoms with E-state index >= 15 is 0 Å². The number of rotatable bonds is 3. The number of carbonyl (C=O) groups excluding carboxylic acids is 1. The van der Waals surface area contributed by atoms with Gasteiger partial charge in [-0.3, -0.25) is 14.3 Å². The van der Waals surface area contributed by atoms with Crippen molar-refractivity contribution in [2.24, 2.45) is 5.92 Å². The van der Waals surface area contributed by atoms with Crippen LogP contribution in [0.4, 0.5) is 0 Å². The number of hydrogen-bond acceptors (Lipinski definition) is 3. The first kappa shape index (κ1) is 15.5. The first-order chi connectivity index (χ1) is 9.62. The smallest absolute Gasteiger partial charge is 0.309 e. The number of nitrogens with zero attached hydrogens (tertiary/aromatic N) is 3. The Labute approximate surface area is 124 Å². The molecule has 1 N–H and O–H groups in total. The SMILES string of the molecule is CC(C)n1cc(C2C(C(=O)O)CC(=O)N2C(C)(C)C)cn1. The summed E-state index contributed by atoms with van der Waals surface area (Å²) in [6, 6.07) is -0.260. The van der Waals surface area contributed by atoms with Gasteiger partial charge in [-0.2, -0.15) is 5.10 Å². The largest absolute Gasteiger partial charge is 0.481 e. The molecule has 6 nitrogen and oxygen atoms in total. The van der Waals surface area contributed by atoms with Gasteiger partial charge in [0.05, 0.1) is 18.2 Å². The predicted octanol–water partition coefficient (Wildman–Crippen LogP) is 2.24. The molecule has 2 atom stereocenters. The monoisotopic (exact) mass is 293 g/mol. The van der Waals surface area contributed by atoms with E-state index in [2.05, 4.69) is 5.10 Å². The second-order valence-electron chi connectivity index (χ2n) is 6.88. The second-order valence-corrected chi connectivity index (χ2v) is 6.88. The lowest BCUT2D eigenvalue weighted by Gasteiger charge is -2.37. The van der Waals surface area contributed by atoms with E-state index < -0.39 is 23.5 Å². The van der Waals surface area contributed by atoms with E-state index in [-0.39, 0.29) is 18.4 Å². The maximum atomic E-state index is 12.3. The number of carboxylic acids is 1. The molecule has 1 aromatic rings. The molecule has 1 fully saturated rings. The molecule has 2 unspecified atom stereocenters. The van der Waals surface area contributed by atoms with E-state index in [1.54, 1.807) is 15.8 Å². The van der Waals surface area contributed by atoms with Gasteiger partial charge >= 0.3 is 5.97 Å². The van der Waals surface area contributed by atoms with E-state index in [1.165, 1.54) is 0 Å². The third-order valence-electron chi connectivity index (χ3n) is 3.85. The lowest BCUT2D eigenvalue weighted by Crippen LogP contribution is -2.44. The average molecular weight is 293 g/mol. The van der Waals surface area contributed by atoms with Crippen molar-refractivity contribution in [3.05, 3.63) is 18.0 Å². The summed E-state index contributed by atoms with van der Waals surface area (Å²) in [6.07, 6.45) is 3.57. The van der Waals surface area contributed by atoms with Gasteiger partial charge in [0, 0.05) is 29.8 Å². The highest BCUT2D eigenvalue weighted by Gasteiger charge is 2.49. The van der Waals surface area contributed by atoms with Crippen LogP contribution in [0.5, 0.6) is 0 Å². The summed E-state index contributed by atoms with van der Waals surface area (Å²) < 4.78 is 1.79. The second kappa shape index (κ2) is 5.16. The van der Waals surface area contributed by atoms with Crippen molar-refractivity contribution in [1.82, 2.24) is 14.7 Å². The minimum atomic E-state index is -0.933. The zero-order valence-electron chi connectivity index (χ0n) is 13.2. The van der Waals surface area contributed by atoms with Crippen LogP contribution >= 0.6 is 0 Å². The van der Waals surface area contributed by atoms with Gasteiger partial charge in [0.2, 0.25) is 5.91 Å². The van der Waals surface area contributed by atoms with Crippen molar-refractivity contribution >= 4 is 11.9 Å². The summed E-state index contributed by atoms with van der Waals surface area (Å²) in [5.74, 6) is -1.77. The molecular formula is C15H23N3O3. The van der Waals surface area contributed by atoms with Gasteiger partial charge in [-0.05, 0) is 34.6 Å². The fourth-order valence-electron chi connectivity index (χ4n) is 2.92. The first-order valence-corrected chi connectivity index (χ1v) is 7.22. The number of amides is 1. The van der Waals surface area contributed by atoms with E-state index in [4.69, 9.17) is 0 Å². The maximum absolute atomic E-state index is 12.3. The van der Waals surface area contributed by atoms with Crippen molar-refractivity contribution in [3.63, 3.8) is 0 Å². The molecule has 0 bridgehead atoms. The van der Waals surface area contributed by atoms with Crippen LogP contribution in [0.3, 0.4) is 0 Å². The summed E-state index contributed by atoms with van der Waals surface area (Å²) in [7, 11) is 0. The number of hydrogen-bond donors (Lipinski definition) is 1. The topological polar surface area (TPSA) is 75.4 Å². The van der Waals surface area contributed by atoms with Crippen molar-refractivity contribution in [1.29, 1.82) is 0 Å². The zero-order valence-corrected chi connectivity index (χ0v) is 13.2. The van der Waals surface area contributed by atoms with E-state index in [0.29, 0.717) is 0 Å². The molecule has 1 amide bonds. The molecule has 1 aromatic heterocycles. The third kappa shape index (κ3) is 2.80. The number of aromatic nitrogens is 2. The van der Waals surface area contributed by atoms with Gasteiger partial charge in [0.25, 0.3) is 0 Å². The molecule has 1 saturated heterocycles. The summed E-state index contributed by atoms with van der Waals surface area (Å²) in [5, 5.41) is 13.7. The van der Waals surface area contributed by atoms with Gasteiger partial charge in [-0.1, -0.05) is 0 Å². The van der Waals surface area contributed by atoms with Crippen LogP contribution < -0.4 is 0 Å². The quantitative estimate of drug-likeness (QED) is 0.927. The molecule has 1 aliphatic rings. The fraction of sp³-hybridized carbons (Fsp3) is 0.667. The van der Waals surface area contributed by atoms with E-state index in [0.717, 1.165) is 5.56 Å². The maximum Gasteiger partial charge on any atom is 0.309 e. The highest BCUT2D eigenvalue weighted by atomic mass is 16.4. The van der Waals surface area contributed by atoms with Crippen LogP contribution in [-0.4, -0.2) is 37.2 Å².